The Balaban J connectivity index is 2.28. The molecule has 2 aromatic rings. The molecule has 0 bridgehead atoms. The molecule has 3 heteroatoms. The monoisotopic (exact) mass is 211 g/mol. The SMILES string of the molecule is Cc1ccc(N=C(N)c2ccccc2)cn1. The van der Waals surface area contributed by atoms with Crippen LogP contribution in [0.1, 0.15) is 11.3 Å². The number of nitrogens with zero attached hydrogens (tertiary/aromatic N) is 2. The number of pyridine rings is 1. The van der Waals surface area contributed by atoms with Gasteiger partial charge in [0.2, 0.25) is 0 Å². The summed E-state index contributed by atoms with van der Waals surface area (Å²) in [5.41, 5.74) is 8.55. The molecule has 80 valence electrons. The predicted octanol–water partition coefficient (Wildman–Crippen LogP) is 2.43. The van der Waals surface area contributed by atoms with Crippen LogP contribution in [-0.4, -0.2) is 10.8 Å². The molecule has 0 radical (unpaired) electrons. The molecule has 16 heavy (non-hydrogen) atoms. The number of aryl methyl sites for hydroxylation is 1. The second kappa shape index (κ2) is 4.57. The van der Waals surface area contributed by atoms with Gasteiger partial charge in [-0.1, -0.05) is 30.3 Å². The number of nitrogens with two attached hydrogens (primary N) is 1. The second-order valence-corrected chi connectivity index (χ2v) is 3.52. The number of hydrogen-bond acceptors (Lipinski definition) is 2. The Morgan fingerprint density at radius 3 is 2.50 bits per heavy atom. The largest absolute Gasteiger partial charge is 0.383 e. The number of aliphatic imine (C=N–C) groups is 1. The first-order valence-corrected chi connectivity index (χ1v) is 5.08. The molecule has 0 unspecified atom stereocenters. The Kier molecular flexibility index (Phi) is 2.96. The predicted molar refractivity (Wildman–Crippen MR) is 65.8 cm³/mol. The standard InChI is InChI=1S/C13H13N3/c1-10-7-8-12(9-15-10)16-13(14)11-5-3-2-4-6-11/h2-9H,1H3,(H2,14,16). The van der Waals surface area contributed by atoms with Gasteiger partial charge in [-0.05, 0) is 19.1 Å². The maximum Gasteiger partial charge on any atom is 0.131 e. The molecule has 0 aliphatic heterocycles. The molecule has 0 aliphatic rings. The van der Waals surface area contributed by atoms with Gasteiger partial charge in [-0.2, -0.15) is 0 Å². The number of hydrogen-bond donors (Lipinski definition) is 1. The summed E-state index contributed by atoms with van der Waals surface area (Å²) in [6, 6.07) is 13.5. The number of rotatable bonds is 2. The van der Waals surface area contributed by atoms with Crippen LogP contribution < -0.4 is 5.73 Å². The van der Waals surface area contributed by atoms with Crippen LogP contribution in [0.5, 0.6) is 0 Å². The molecule has 3 nitrogen and oxygen atoms in total. The Bertz CT molecular complexity index is 486. The lowest BCUT2D eigenvalue weighted by molar-refractivity contribution is 1.19. The summed E-state index contributed by atoms with van der Waals surface area (Å²) < 4.78 is 0. The average molecular weight is 211 g/mol. The summed E-state index contributed by atoms with van der Waals surface area (Å²) >= 11 is 0. The number of amidine groups is 1. The lowest BCUT2D eigenvalue weighted by atomic mass is 10.2. The fourth-order valence-electron chi connectivity index (χ4n) is 1.34. The van der Waals surface area contributed by atoms with E-state index in [9.17, 15) is 0 Å². The highest BCUT2D eigenvalue weighted by atomic mass is 14.9. The lowest BCUT2D eigenvalue weighted by Crippen LogP contribution is -2.12. The third-order valence-corrected chi connectivity index (χ3v) is 2.21. The van der Waals surface area contributed by atoms with Crippen molar-refractivity contribution in [2.24, 2.45) is 10.7 Å². The topological polar surface area (TPSA) is 51.3 Å². The van der Waals surface area contributed by atoms with Gasteiger partial charge in [0.15, 0.2) is 0 Å². The van der Waals surface area contributed by atoms with Gasteiger partial charge in [-0.25, -0.2) is 4.99 Å². The van der Waals surface area contributed by atoms with Gasteiger partial charge in [0.05, 0.1) is 11.9 Å². The van der Waals surface area contributed by atoms with Gasteiger partial charge < -0.3 is 5.73 Å². The zero-order chi connectivity index (χ0) is 11.4. The molecular weight excluding hydrogens is 198 g/mol. The van der Waals surface area contributed by atoms with Crippen LogP contribution in [0, 0.1) is 6.92 Å². The van der Waals surface area contributed by atoms with Crippen LogP contribution in [0.15, 0.2) is 53.7 Å². The van der Waals surface area contributed by atoms with Crippen molar-refractivity contribution >= 4 is 11.5 Å². The van der Waals surface area contributed by atoms with E-state index in [1.165, 1.54) is 0 Å². The molecule has 2 rings (SSSR count). The highest BCUT2D eigenvalue weighted by Gasteiger charge is 1.97. The summed E-state index contributed by atoms with van der Waals surface area (Å²) in [5, 5.41) is 0. The smallest absolute Gasteiger partial charge is 0.131 e. The van der Waals surface area contributed by atoms with Gasteiger partial charge in [0.1, 0.15) is 5.84 Å². The summed E-state index contributed by atoms with van der Waals surface area (Å²) in [6.07, 6.45) is 1.71. The molecule has 0 saturated heterocycles. The maximum atomic E-state index is 5.89. The van der Waals surface area contributed by atoms with Crippen molar-refractivity contribution < 1.29 is 0 Å². The van der Waals surface area contributed by atoms with Crippen molar-refractivity contribution in [1.82, 2.24) is 4.98 Å². The number of aromatic nitrogens is 1. The lowest BCUT2D eigenvalue weighted by Gasteiger charge is -2.00. The van der Waals surface area contributed by atoms with Crippen molar-refractivity contribution in [3.63, 3.8) is 0 Å². The molecule has 1 aromatic carbocycles. The van der Waals surface area contributed by atoms with Crippen molar-refractivity contribution in [1.29, 1.82) is 0 Å². The second-order valence-electron chi connectivity index (χ2n) is 3.52. The highest BCUT2D eigenvalue weighted by molar-refractivity contribution is 5.98. The molecule has 0 atom stereocenters. The van der Waals surface area contributed by atoms with Gasteiger partial charge >= 0.3 is 0 Å². The summed E-state index contributed by atoms with van der Waals surface area (Å²) in [6.45, 7) is 1.94. The molecule has 1 aromatic heterocycles. The van der Waals surface area contributed by atoms with E-state index in [1.54, 1.807) is 6.20 Å². The Morgan fingerprint density at radius 1 is 1.12 bits per heavy atom. The fraction of sp³-hybridized carbons (Fsp3) is 0.0769. The van der Waals surface area contributed by atoms with E-state index in [0.717, 1.165) is 16.9 Å². The van der Waals surface area contributed by atoms with Crippen LogP contribution in [0.25, 0.3) is 0 Å². The van der Waals surface area contributed by atoms with Gasteiger partial charge in [0, 0.05) is 11.3 Å². The van der Waals surface area contributed by atoms with E-state index in [4.69, 9.17) is 5.73 Å². The first-order chi connectivity index (χ1) is 7.75. The zero-order valence-electron chi connectivity index (χ0n) is 9.09. The minimum absolute atomic E-state index is 0.506. The normalized spacial score (nSPS) is 11.4. The van der Waals surface area contributed by atoms with Crippen LogP contribution in [0.3, 0.4) is 0 Å². The minimum Gasteiger partial charge on any atom is -0.383 e. The van der Waals surface area contributed by atoms with Crippen molar-refractivity contribution in [2.75, 3.05) is 0 Å². The van der Waals surface area contributed by atoms with Crippen LogP contribution >= 0.6 is 0 Å². The van der Waals surface area contributed by atoms with Gasteiger partial charge in [-0.3, -0.25) is 4.98 Å². The third kappa shape index (κ3) is 2.45. The van der Waals surface area contributed by atoms with Crippen LogP contribution in [0.2, 0.25) is 0 Å². The fourth-order valence-corrected chi connectivity index (χ4v) is 1.34. The Labute approximate surface area is 94.7 Å². The van der Waals surface area contributed by atoms with E-state index in [0.29, 0.717) is 5.84 Å². The molecule has 0 fully saturated rings. The zero-order valence-corrected chi connectivity index (χ0v) is 9.09. The Hall–Kier alpha value is -2.16. The van der Waals surface area contributed by atoms with E-state index in [2.05, 4.69) is 9.98 Å². The molecule has 0 aliphatic carbocycles. The van der Waals surface area contributed by atoms with E-state index in [1.807, 2.05) is 49.4 Å². The average Bonchev–Trinajstić information content (AvgIpc) is 2.33. The van der Waals surface area contributed by atoms with E-state index < -0.39 is 0 Å². The maximum absolute atomic E-state index is 5.89. The molecule has 2 N–H and O–H groups in total. The summed E-state index contributed by atoms with van der Waals surface area (Å²) in [4.78, 5) is 8.47. The summed E-state index contributed by atoms with van der Waals surface area (Å²) in [5.74, 6) is 0.506. The molecular formula is C13H13N3. The third-order valence-electron chi connectivity index (χ3n) is 2.21. The minimum atomic E-state index is 0.506. The van der Waals surface area contributed by atoms with E-state index in [-0.39, 0.29) is 0 Å². The van der Waals surface area contributed by atoms with Gasteiger partial charge in [-0.15, -0.1) is 0 Å². The van der Waals surface area contributed by atoms with Crippen LogP contribution in [0.4, 0.5) is 5.69 Å². The highest BCUT2D eigenvalue weighted by Crippen LogP contribution is 2.11. The number of benzene rings is 1. The summed E-state index contributed by atoms with van der Waals surface area (Å²) in [7, 11) is 0. The van der Waals surface area contributed by atoms with Crippen LogP contribution in [-0.2, 0) is 0 Å². The molecule has 0 saturated carbocycles. The first kappa shape index (κ1) is 10.4. The van der Waals surface area contributed by atoms with Gasteiger partial charge in [0.25, 0.3) is 0 Å². The molecule has 1 heterocycles. The molecule has 0 spiro atoms. The van der Waals surface area contributed by atoms with Crippen molar-refractivity contribution in [3.8, 4) is 0 Å². The molecule has 0 amide bonds. The van der Waals surface area contributed by atoms with Crippen molar-refractivity contribution in [3.05, 3.63) is 59.9 Å². The Morgan fingerprint density at radius 2 is 1.88 bits per heavy atom. The first-order valence-electron chi connectivity index (χ1n) is 5.08. The van der Waals surface area contributed by atoms with E-state index >= 15 is 0 Å². The quantitative estimate of drug-likeness (QED) is 0.612. The van der Waals surface area contributed by atoms with Crippen molar-refractivity contribution in [2.45, 2.75) is 6.92 Å².